The fourth-order valence-corrected chi connectivity index (χ4v) is 2.62. The van der Waals surface area contributed by atoms with Gasteiger partial charge in [0, 0.05) is 13.1 Å². The summed E-state index contributed by atoms with van der Waals surface area (Å²) in [6.07, 6.45) is 6.80. The molecule has 3 heteroatoms. The first-order chi connectivity index (χ1) is 7.74. The van der Waals surface area contributed by atoms with E-state index in [1.165, 1.54) is 32.1 Å². The van der Waals surface area contributed by atoms with Gasteiger partial charge < -0.3 is 10.6 Å². The SMILES string of the molecule is C=C1CN=C(NCC2(CCC)CCC2)NC1. The highest BCUT2D eigenvalue weighted by molar-refractivity contribution is 5.81. The lowest BCUT2D eigenvalue weighted by Gasteiger charge is -2.42. The average Bonchev–Trinajstić information content (AvgIpc) is 2.24. The van der Waals surface area contributed by atoms with Crippen molar-refractivity contribution >= 4 is 5.96 Å². The minimum atomic E-state index is 0.563. The number of hydrogen-bond donors (Lipinski definition) is 2. The molecule has 0 aromatic carbocycles. The molecule has 0 bridgehead atoms. The predicted octanol–water partition coefficient (Wildman–Crippen LogP) is 2.06. The van der Waals surface area contributed by atoms with Gasteiger partial charge in [-0.05, 0) is 30.3 Å². The Morgan fingerprint density at radius 3 is 2.81 bits per heavy atom. The van der Waals surface area contributed by atoms with Crippen molar-refractivity contribution in [1.82, 2.24) is 10.6 Å². The Morgan fingerprint density at radius 1 is 1.50 bits per heavy atom. The van der Waals surface area contributed by atoms with Crippen LogP contribution in [0.25, 0.3) is 0 Å². The van der Waals surface area contributed by atoms with Crippen LogP contribution in [0.4, 0.5) is 0 Å². The second-order valence-electron chi connectivity index (χ2n) is 5.23. The lowest BCUT2D eigenvalue weighted by molar-refractivity contribution is 0.122. The van der Waals surface area contributed by atoms with Crippen LogP contribution >= 0.6 is 0 Å². The number of nitrogens with zero attached hydrogens (tertiary/aromatic N) is 1. The third kappa shape index (κ3) is 2.57. The molecule has 0 saturated heterocycles. The molecule has 2 aliphatic rings. The summed E-state index contributed by atoms with van der Waals surface area (Å²) in [7, 11) is 0. The van der Waals surface area contributed by atoms with Crippen molar-refractivity contribution in [2.24, 2.45) is 10.4 Å². The summed E-state index contributed by atoms with van der Waals surface area (Å²) in [5.41, 5.74) is 1.73. The third-order valence-corrected chi connectivity index (χ3v) is 3.79. The zero-order valence-corrected chi connectivity index (χ0v) is 10.3. The van der Waals surface area contributed by atoms with Gasteiger partial charge in [0.25, 0.3) is 0 Å². The Hall–Kier alpha value is -0.990. The van der Waals surface area contributed by atoms with Crippen LogP contribution in [0.1, 0.15) is 39.0 Å². The Morgan fingerprint density at radius 2 is 2.31 bits per heavy atom. The molecule has 0 radical (unpaired) electrons. The van der Waals surface area contributed by atoms with Crippen LogP contribution in [-0.4, -0.2) is 25.6 Å². The molecule has 0 spiro atoms. The zero-order chi connectivity index (χ0) is 11.4. The van der Waals surface area contributed by atoms with Gasteiger partial charge in [0.05, 0.1) is 6.54 Å². The molecule has 0 amide bonds. The van der Waals surface area contributed by atoms with Crippen molar-refractivity contribution in [3.63, 3.8) is 0 Å². The van der Waals surface area contributed by atoms with Crippen LogP contribution in [0.3, 0.4) is 0 Å². The summed E-state index contributed by atoms with van der Waals surface area (Å²) in [6, 6.07) is 0. The normalized spacial score (nSPS) is 23.1. The maximum absolute atomic E-state index is 4.43. The van der Waals surface area contributed by atoms with Crippen molar-refractivity contribution in [1.29, 1.82) is 0 Å². The van der Waals surface area contributed by atoms with E-state index in [1.54, 1.807) is 0 Å². The number of aliphatic imine (C=N–C) groups is 1. The van der Waals surface area contributed by atoms with Crippen LogP contribution in [0.5, 0.6) is 0 Å². The zero-order valence-electron chi connectivity index (χ0n) is 10.3. The van der Waals surface area contributed by atoms with Crippen LogP contribution in [0.2, 0.25) is 0 Å². The molecule has 1 saturated carbocycles. The van der Waals surface area contributed by atoms with Gasteiger partial charge >= 0.3 is 0 Å². The predicted molar refractivity (Wildman–Crippen MR) is 68.6 cm³/mol. The number of hydrogen-bond acceptors (Lipinski definition) is 3. The summed E-state index contributed by atoms with van der Waals surface area (Å²) in [5, 5.41) is 6.74. The largest absolute Gasteiger partial charge is 0.356 e. The van der Waals surface area contributed by atoms with Crippen molar-refractivity contribution in [2.45, 2.75) is 39.0 Å². The van der Waals surface area contributed by atoms with Crippen LogP contribution in [0, 0.1) is 5.41 Å². The summed E-state index contributed by atoms with van der Waals surface area (Å²) in [5.74, 6) is 0.967. The van der Waals surface area contributed by atoms with E-state index in [2.05, 4.69) is 29.1 Å². The molecule has 1 aliphatic carbocycles. The molecule has 2 rings (SSSR count). The van der Waals surface area contributed by atoms with Crippen LogP contribution < -0.4 is 10.6 Å². The molecule has 90 valence electrons. The highest BCUT2D eigenvalue weighted by atomic mass is 15.2. The first kappa shape index (κ1) is 11.5. The van der Waals surface area contributed by atoms with E-state index in [-0.39, 0.29) is 0 Å². The number of rotatable bonds is 4. The summed E-state index contributed by atoms with van der Waals surface area (Å²) in [4.78, 5) is 4.43. The maximum atomic E-state index is 4.43. The maximum Gasteiger partial charge on any atom is 0.191 e. The summed E-state index contributed by atoms with van der Waals surface area (Å²) >= 11 is 0. The molecule has 0 aromatic rings. The van der Waals surface area contributed by atoms with Crippen LogP contribution in [-0.2, 0) is 0 Å². The third-order valence-electron chi connectivity index (χ3n) is 3.79. The molecule has 1 heterocycles. The van der Waals surface area contributed by atoms with E-state index < -0.39 is 0 Å². The molecule has 1 fully saturated rings. The highest BCUT2D eigenvalue weighted by Gasteiger charge is 2.35. The van der Waals surface area contributed by atoms with E-state index in [0.717, 1.165) is 31.2 Å². The van der Waals surface area contributed by atoms with Gasteiger partial charge in [-0.25, -0.2) is 4.99 Å². The Balaban J connectivity index is 1.80. The van der Waals surface area contributed by atoms with E-state index in [1.807, 2.05) is 0 Å². The van der Waals surface area contributed by atoms with Gasteiger partial charge in [-0.1, -0.05) is 26.3 Å². The molecule has 2 N–H and O–H groups in total. The van der Waals surface area contributed by atoms with Gasteiger partial charge in [0.2, 0.25) is 0 Å². The fraction of sp³-hybridized carbons (Fsp3) is 0.769. The smallest absolute Gasteiger partial charge is 0.191 e. The molecular formula is C13H23N3. The minimum Gasteiger partial charge on any atom is -0.356 e. The molecule has 16 heavy (non-hydrogen) atoms. The van der Waals surface area contributed by atoms with Crippen molar-refractivity contribution < 1.29 is 0 Å². The van der Waals surface area contributed by atoms with Gasteiger partial charge in [0.1, 0.15) is 0 Å². The molecule has 3 nitrogen and oxygen atoms in total. The Bertz CT molecular complexity index is 290. The van der Waals surface area contributed by atoms with Gasteiger partial charge in [-0.15, -0.1) is 0 Å². The molecular weight excluding hydrogens is 198 g/mol. The second kappa shape index (κ2) is 4.89. The van der Waals surface area contributed by atoms with Gasteiger partial charge in [-0.3, -0.25) is 0 Å². The molecule has 0 unspecified atom stereocenters. The Labute approximate surface area is 98.4 Å². The number of nitrogens with one attached hydrogen (secondary N) is 2. The van der Waals surface area contributed by atoms with E-state index in [4.69, 9.17) is 0 Å². The van der Waals surface area contributed by atoms with E-state index in [9.17, 15) is 0 Å². The molecule has 1 aliphatic heterocycles. The molecule has 0 atom stereocenters. The van der Waals surface area contributed by atoms with Crippen molar-refractivity contribution in [2.75, 3.05) is 19.6 Å². The van der Waals surface area contributed by atoms with Gasteiger partial charge in [-0.2, -0.15) is 0 Å². The average molecular weight is 221 g/mol. The van der Waals surface area contributed by atoms with Crippen molar-refractivity contribution in [3.8, 4) is 0 Å². The number of guanidine groups is 1. The lowest BCUT2D eigenvalue weighted by atomic mass is 9.66. The second-order valence-corrected chi connectivity index (χ2v) is 5.23. The lowest BCUT2D eigenvalue weighted by Crippen LogP contribution is -2.48. The topological polar surface area (TPSA) is 36.4 Å². The quantitative estimate of drug-likeness (QED) is 0.713. The Kier molecular flexibility index (Phi) is 3.52. The summed E-state index contributed by atoms with van der Waals surface area (Å²) < 4.78 is 0. The first-order valence-electron chi connectivity index (χ1n) is 6.43. The fourth-order valence-electron chi connectivity index (χ4n) is 2.62. The first-order valence-corrected chi connectivity index (χ1v) is 6.43. The standard InChI is InChI=1S/C13H23N3/c1-3-5-13(6-4-7-13)10-16-12-14-8-11(2)9-15-12/h2-10H2,1H3,(H2,14,15,16). The van der Waals surface area contributed by atoms with E-state index >= 15 is 0 Å². The van der Waals surface area contributed by atoms with Gasteiger partial charge in [0.15, 0.2) is 5.96 Å². The minimum absolute atomic E-state index is 0.563. The summed E-state index contributed by atoms with van der Waals surface area (Å²) in [6.45, 7) is 8.92. The molecule has 0 aromatic heterocycles. The monoisotopic (exact) mass is 221 g/mol. The van der Waals surface area contributed by atoms with E-state index in [0.29, 0.717) is 5.41 Å². The highest BCUT2D eigenvalue weighted by Crippen LogP contribution is 2.44. The van der Waals surface area contributed by atoms with Crippen molar-refractivity contribution in [3.05, 3.63) is 12.2 Å². The van der Waals surface area contributed by atoms with Crippen LogP contribution in [0.15, 0.2) is 17.1 Å².